The van der Waals surface area contributed by atoms with Crippen molar-refractivity contribution in [3.8, 4) is 0 Å². The predicted molar refractivity (Wildman–Crippen MR) is 107 cm³/mol. The number of amides is 1. The van der Waals surface area contributed by atoms with Gasteiger partial charge in [-0.25, -0.2) is 9.97 Å². The van der Waals surface area contributed by atoms with Gasteiger partial charge in [0.1, 0.15) is 11.5 Å². The van der Waals surface area contributed by atoms with E-state index in [9.17, 15) is 4.79 Å². The molecule has 0 N–H and O–H groups in total. The fraction of sp³-hybridized carbons (Fsp3) is 0.273. The lowest BCUT2D eigenvalue weighted by Gasteiger charge is -2.32. The van der Waals surface area contributed by atoms with Crippen molar-refractivity contribution in [2.24, 2.45) is 0 Å². The number of pyridine rings is 1. The molecule has 0 spiro atoms. The number of hydrogen-bond donors (Lipinski definition) is 0. The van der Waals surface area contributed by atoms with Crippen molar-refractivity contribution in [3.63, 3.8) is 0 Å². The minimum Gasteiger partial charge on any atom is -0.337 e. The molecule has 4 heterocycles. The number of benzene rings is 1. The first-order valence-corrected chi connectivity index (χ1v) is 9.64. The number of nitrogens with zero attached hydrogens (tertiary/aromatic N) is 5. The molecule has 0 atom stereocenters. The average Bonchev–Trinajstić information content (AvgIpc) is 3.14. The van der Waals surface area contributed by atoms with Crippen molar-refractivity contribution in [1.82, 2.24) is 24.3 Å². The first kappa shape index (κ1) is 16.9. The number of rotatable bonds is 2. The van der Waals surface area contributed by atoms with Gasteiger partial charge < -0.3 is 4.90 Å². The maximum absolute atomic E-state index is 12.9. The van der Waals surface area contributed by atoms with Crippen LogP contribution in [0.1, 0.15) is 40.8 Å². The zero-order chi connectivity index (χ0) is 19.1. The number of para-hydroxylation sites is 1. The third-order valence-corrected chi connectivity index (χ3v) is 5.66. The molecular formula is C22H21N5O. The molecule has 1 aromatic carbocycles. The van der Waals surface area contributed by atoms with Crippen LogP contribution in [0.2, 0.25) is 0 Å². The largest absolute Gasteiger partial charge is 0.337 e. The maximum atomic E-state index is 12.9. The van der Waals surface area contributed by atoms with Crippen LogP contribution in [-0.2, 0) is 0 Å². The van der Waals surface area contributed by atoms with Gasteiger partial charge >= 0.3 is 0 Å². The molecule has 0 bridgehead atoms. The number of piperidine rings is 1. The highest BCUT2D eigenvalue weighted by molar-refractivity contribution is 5.95. The van der Waals surface area contributed by atoms with E-state index in [4.69, 9.17) is 0 Å². The van der Waals surface area contributed by atoms with Crippen LogP contribution in [0, 0.1) is 6.92 Å². The Morgan fingerprint density at radius 2 is 1.86 bits per heavy atom. The molecule has 1 aliphatic rings. The molecule has 0 radical (unpaired) electrons. The van der Waals surface area contributed by atoms with E-state index < -0.39 is 0 Å². The van der Waals surface area contributed by atoms with Crippen LogP contribution in [0.3, 0.4) is 0 Å². The normalized spacial score (nSPS) is 15.4. The summed E-state index contributed by atoms with van der Waals surface area (Å²) < 4.78 is 2.18. The van der Waals surface area contributed by atoms with Gasteiger partial charge in [-0.05, 0) is 31.9 Å². The Bertz CT molecular complexity index is 1170. The molecule has 0 aliphatic carbocycles. The van der Waals surface area contributed by atoms with Crippen molar-refractivity contribution in [2.75, 3.05) is 13.1 Å². The molecule has 1 fully saturated rings. The third-order valence-electron chi connectivity index (χ3n) is 5.66. The monoisotopic (exact) mass is 371 g/mol. The molecule has 28 heavy (non-hydrogen) atoms. The summed E-state index contributed by atoms with van der Waals surface area (Å²) in [6.45, 7) is 3.46. The van der Waals surface area contributed by atoms with E-state index in [1.807, 2.05) is 66.8 Å². The van der Waals surface area contributed by atoms with Gasteiger partial charge in [0, 0.05) is 36.3 Å². The van der Waals surface area contributed by atoms with Crippen LogP contribution >= 0.6 is 0 Å². The second kappa shape index (κ2) is 6.71. The van der Waals surface area contributed by atoms with E-state index in [0.717, 1.165) is 48.2 Å². The molecule has 1 aliphatic heterocycles. The number of likely N-dealkylation sites (tertiary alicyclic amines) is 1. The van der Waals surface area contributed by atoms with Crippen molar-refractivity contribution in [2.45, 2.75) is 25.7 Å². The lowest BCUT2D eigenvalue weighted by molar-refractivity contribution is 0.0706. The molecular weight excluding hydrogens is 350 g/mol. The Kier molecular flexibility index (Phi) is 4.04. The maximum Gasteiger partial charge on any atom is 0.272 e. The zero-order valence-corrected chi connectivity index (χ0v) is 15.7. The molecule has 4 aromatic rings. The molecule has 5 rings (SSSR count). The van der Waals surface area contributed by atoms with E-state index in [1.54, 1.807) is 0 Å². The van der Waals surface area contributed by atoms with Crippen LogP contribution < -0.4 is 0 Å². The van der Waals surface area contributed by atoms with Gasteiger partial charge in [-0.2, -0.15) is 0 Å². The molecule has 3 aromatic heterocycles. The standard InChI is InChI=1S/C22H21N5O/c1-15-24-13-18-12-23-14-21(27(15)18)17-8-10-26(11-9-17)22(28)20-7-6-16-4-2-3-5-19(16)25-20/h2-7,12-14,17H,8-11H2,1H3. The molecule has 140 valence electrons. The van der Waals surface area contributed by atoms with Crippen molar-refractivity contribution in [3.05, 3.63) is 72.2 Å². The number of aryl methyl sites for hydroxylation is 1. The van der Waals surface area contributed by atoms with Gasteiger partial charge in [0.15, 0.2) is 0 Å². The van der Waals surface area contributed by atoms with E-state index >= 15 is 0 Å². The summed E-state index contributed by atoms with van der Waals surface area (Å²) in [6, 6.07) is 11.7. The van der Waals surface area contributed by atoms with Gasteiger partial charge in [0.05, 0.1) is 23.4 Å². The van der Waals surface area contributed by atoms with Gasteiger partial charge in [-0.15, -0.1) is 0 Å². The molecule has 6 nitrogen and oxygen atoms in total. The van der Waals surface area contributed by atoms with Gasteiger partial charge in [0.2, 0.25) is 0 Å². The fourth-order valence-electron chi connectivity index (χ4n) is 4.15. The van der Waals surface area contributed by atoms with Crippen molar-refractivity contribution < 1.29 is 4.79 Å². The summed E-state index contributed by atoms with van der Waals surface area (Å²) in [5, 5.41) is 1.05. The van der Waals surface area contributed by atoms with E-state index in [2.05, 4.69) is 19.4 Å². The molecule has 1 saturated heterocycles. The van der Waals surface area contributed by atoms with Gasteiger partial charge in [-0.3, -0.25) is 14.2 Å². The SMILES string of the molecule is Cc1ncc2cncc(C3CCN(C(=O)c4ccc5ccccc5n4)CC3)n12. The Balaban J connectivity index is 1.35. The average molecular weight is 371 g/mol. The summed E-state index contributed by atoms with van der Waals surface area (Å²) in [6.07, 6.45) is 7.47. The minimum absolute atomic E-state index is 0.0133. The Hall–Kier alpha value is -3.28. The lowest BCUT2D eigenvalue weighted by Crippen LogP contribution is -2.38. The summed E-state index contributed by atoms with van der Waals surface area (Å²) >= 11 is 0. The highest BCUT2D eigenvalue weighted by Crippen LogP contribution is 2.29. The van der Waals surface area contributed by atoms with E-state index in [0.29, 0.717) is 11.6 Å². The third kappa shape index (κ3) is 2.81. The van der Waals surface area contributed by atoms with E-state index in [1.165, 1.54) is 5.69 Å². The Morgan fingerprint density at radius 1 is 1.04 bits per heavy atom. The number of hydrogen-bond acceptors (Lipinski definition) is 4. The second-order valence-corrected chi connectivity index (χ2v) is 7.35. The fourth-order valence-corrected chi connectivity index (χ4v) is 4.15. The van der Waals surface area contributed by atoms with Crippen molar-refractivity contribution >= 4 is 22.3 Å². The molecule has 1 amide bonds. The number of fused-ring (bicyclic) bond motifs is 2. The van der Waals surface area contributed by atoms with Crippen LogP contribution in [0.5, 0.6) is 0 Å². The minimum atomic E-state index is 0.0133. The zero-order valence-electron chi connectivity index (χ0n) is 15.7. The highest BCUT2D eigenvalue weighted by Gasteiger charge is 2.27. The predicted octanol–water partition coefficient (Wildman–Crippen LogP) is 3.61. The summed E-state index contributed by atoms with van der Waals surface area (Å²) in [5.41, 5.74) is 3.58. The summed E-state index contributed by atoms with van der Waals surface area (Å²) in [7, 11) is 0. The quantitative estimate of drug-likeness (QED) is 0.540. The van der Waals surface area contributed by atoms with Gasteiger partial charge in [0.25, 0.3) is 5.91 Å². The Labute approximate surface area is 162 Å². The highest BCUT2D eigenvalue weighted by atomic mass is 16.2. The molecule has 0 unspecified atom stereocenters. The lowest BCUT2D eigenvalue weighted by atomic mass is 9.93. The Morgan fingerprint density at radius 3 is 2.71 bits per heavy atom. The summed E-state index contributed by atoms with van der Waals surface area (Å²) in [5.74, 6) is 1.36. The number of imidazole rings is 1. The van der Waals surface area contributed by atoms with Gasteiger partial charge in [-0.1, -0.05) is 24.3 Å². The molecule has 0 saturated carbocycles. The van der Waals surface area contributed by atoms with Crippen molar-refractivity contribution in [1.29, 1.82) is 0 Å². The first-order chi connectivity index (χ1) is 13.7. The van der Waals surface area contributed by atoms with Crippen LogP contribution in [0.4, 0.5) is 0 Å². The van der Waals surface area contributed by atoms with Crippen LogP contribution in [-0.4, -0.2) is 43.2 Å². The smallest absolute Gasteiger partial charge is 0.272 e. The first-order valence-electron chi connectivity index (χ1n) is 9.64. The number of carbonyl (C=O) groups excluding carboxylic acids is 1. The molecule has 6 heteroatoms. The van der Waals surface area contributed by atoms with Crippen LogP contribution in [0.25, 0.3) is 16.4 Å². The van der Waals surface area contributed by atoms with Crippen LogP contribution in [0.15, 0.2) is 55.0 Å². The van der Waals surface area contributed by atoms with E-state index in [-0.39, 0.29) is 5.91 Å². The number of aromatic nitrogens is 4. The second-order valence-electron chi connectivity index (χ2n) is 7.35. The summed E-state index contributed by atoms with van der Waals surface area (Å²) in [4.78, 5) is 28.2. The topological polar surface area (TPSA) is 63.4 Å². The number of carbonyl (C=O) groups is 1.